The number of carbonyl (C=O) groups excluding carboxylic acids is 1. The summed E-state index contributed by atoms with van der Waals surface area (Å²) in [6, 6.07) is 13.9. The molecule has 0 aromatic heterocycles. The van der Waals surface area contributed by atoms with Crippen molar-refractivity contribution >= 4 is 6.03 Å². The van der Waals surface area contributed by atoms with Gasteiger partial charge in [-0.1, -0.05) is 30.3 Å². The maximum Gasteiger partial charge on any atom is 0.314 e. The van der Waals surface area contributed by atoms with Gasteiger partial charge >= 0.3 is 6.03 Å². The van der Waals surface area contributed by atoms with Crippen molar-refractivity contribution in [3.63, 3.8) is 0 Å². The minimum absolute atomic E-state index is 0.157. The Kier molecular flexibility index (Phi) is 8.29. The highest BCUT2D eigenvalue weighted by molar-refractivity contribution is 5.73. The van der Waals surface area contributed by atoms with Crippen molar-refractivity contribution in [2.24, 2.45) is 0 Å². The smallest absolute Gasteiger partial charge is 0.314 e. The van der Waals surface area contributed by atoms with Crippen LogP contribution in [-0.2, 0) is 12.8 Å². The monoisotopic (exact) mass is 372 g/mol. The van der Waals surface area contributed by atoms with E-state index in [9.17, 15) is 4.79 Å². The van der Waals surface area contributed by atoms with E-state index in [1.165, 1.54) is 5.56 Å². The van der Waals surface area contributed by atoms with Crippen molar-refractivity contribution in [3.8, 4) is 17.2 Å². The van der Waals surface area contributed by atoms with Gasteiger partial charge in [0.05, 0.1) is 21.3 Å². The van der Waals surface area contributed by atoms with E-state index >= 15 is 0 Å². The Morgan fingerprint density at radius 2 is 1.44 bits per heavy atom. The van der Waals surface area contributed by atoms with Gasteiger partial charge in [0.1, 0.15) is 0 Å². The highest BCUT2D eigenvalue weighted by Gasteiger charge is 2.13. The van der Waals surface area contributed by atoms with E-state index in [4.69, 9.17) is 14.2 Å². The molecule has 0 fully saturated rings. The molecule has 0 spiro atoms. The van der Waals surface area contributed by atoms with Crippen molar-refractivity contribution in [1.82, 2.24) is 10.6 Å². The van der Waals surface area contributed by atoms with E-state index in [2.05, 4.69) is 22.8 Å². The number of carbonyl (C=O) groups is 1. The van der Waals surface area contributed by atoms with E-state index in [1.807, 2.05) is 30.3 Å². The summed E-state index contributed by atoms with van der Waals surface area (Å²) >= 11 is 0. The molecule has 0 unspecified atom stereocenters. The zero-order chi connectivity index (χ0) is 19.5. The van der Waals surface area contributed by atoms with Gasteiger partial charge in [-0.05, 0) is 42.5 Å². The summed E-state index contributed by atoms with van der Waals surface area (Å²) < 4.78 is 16.0. The summed E-state index contributed by atoms with van der Waals surface area (Å²) in [5.74, 6) is 1.78. The van der Waals surface area contributed by atoms with Crippen molar-refractivity contribution in [2.75, 3.05) is 34.4 Å². The van der Waals surface area contributed by atoms with Gasteiger partial charge in [-0.15, -0.1) is 0 Å². The fourth-order valence-electron chi connectivity index (χ4n) is 2.80. The number of urea groups is 1. The number of benzene rings is 2. The molecular weight excluding hydrogens is 344 g/mol. The topological polar surface area (TPSA) is 68.8 Å². The number of hydrogen-bond donors (Lipinski definition) is 2. The third-order valence-electron chi connectivity index (χ3n) is 4.19. The van der Waals surface area contributed by atoms with Crippen LogP contribution in [0.4, 0.5) is 4.79 Å². The predicted molar refractivity (Wildman–Crippen MR) is 106 cm³/mol. The Labute approximate surface area is 160 Å². The average Bonchev–Trinajstić information content (AvgIpc) is 2.71. The molecule has 0 atom stereocenters. The maximum absolute atomic E-state index is 11.9. The second-order valence-corrected chi connectivity index (χ2v) is 6.06. The molecule has 2 amide bonds. The van der Waals surface area contributed by atoms with Gasteiger partial charge in [0.15, 0.2) is 11.5 Å². The van der Waals surface area contributed by atoms with Gasteiger partial charge in [-0.25, -0.2) is 4.79 Å². The number of nitrogens with one attached hydrogen (secondary N) is 2. The average molecular weight is 372 g/mol. The van der Waals surface area contributed by atoms with E-state index < -0.39 is 0 Å². The molecule has 6 heteroatoms. The largest absolute Gasteiger partial charge is 0.493 e. The molecule has 27 heavy (non-hydrogen) atoms. The van der Waals surface area contributed by atoms with Gasteiger partial charge in [0.25, 0.3) is 0 Å². The van der Waals surface area contributed by atoms with Crippen LogP contribution in [0, 0.1) is 0 Å². The lowest BCUT2D eigenvalue weighted by molar-refractivity contribution is 0.241. The summed E-state index contributed by atoms with van der Waals surface area (Å²) in [6.07, 6.45) is 2.52. The summed E-state index contributed by atoms with van der Waals surface area (Å²) in [5, 5.41) is 5.75. The predicted octanol–water partition coefficient (Wildman–Crippen LogP) is 3.19. The van der Waals surface area contributed by atoms with Crippen LogP contribution in [0.1, 0.15) is 17.5 Å². The van der Waals surface area contributed by atoms with Gasteiger partial charge in [-0.3, -0.25) is 0 Å². The minimum atomic E-state index is -0.157. The van der Waals surface area contributed by atoms with E-state index in [0.29, 0.717) is 36.8 Å². The third-order valence-corrected chi connectivity index (χ3v) is 4.19. The Morgan fingerprint density at radius 1 is 0.815 bits per heavy atom. The van der Waals surface area contributed by atoms with Crippen LogP contribution in [0.25, 0.3) is 0 Å². The summed E-state index contributed by atoms with van der Waals surface area (Å²) in [4.78, 5) is 11.9. The van der Waals surface area contributed by atoms with Gasteiger partial charge in [-0.2, -0.15) is 0 Å². The van der Waals surface area contributed by atoms with Crippen molar-refractivity contribution in [1.29, 1.82) is 0 Å². The zero-order valence-corrected chi connectivity index (χ0v) is 16.2. The molecule has 0 saturated carbocycles. The molecule has 6 nitrogen and oxygen atoms in total. The van der Waals surface area contributed by atoms with E-state index in [0.717, 1.165) is 18.4 Å². The molecule has 2 N–H and O–H groups in total. The standard InChI is InChI=1S/C21H28N2O4/c1-25-18-14-17(15-19(26-2)20(18)27-3)11-13-23-21(24)22-12-7-10-16-8-5-4-6-9-16/h4-6,8-9,14-15H,7,10-13H2,1-3H3,(H2,22,23,24). The van der Waals surface area contributed by atoms with Gasteiger partial charge in [0, 0.05) is 13.1 Å². The molecule has 2 rings (SSSR count). The van der Waals surface area contributed by atoms with Crippen LogP contribution in [0.2, 0.25) is 0 Å². The van der Waals surface area contributed by atoms with E-state index in [-0.39, 0.29) is 6.03 Å². The summed E-state index contributed by atoms with van der Waals surface area (Å²) in [7, 11) is 4.74. The lowest BCUT2D eigenvalue weighted by Crippen LogP contribution is -2.37. The molecule has 0 aliphatic heterocycles. The lowest BCUT2D eigenvalue weighted by atomic mass is 10.1. The third kappa shape index (κ3) is 6.40. The lowest BCUT2D eigenvalue weighted by Gasteiger charge is -2.14. The molecule has 0 saturated heterocycles. The van der Waals surface area contributed by atoms with Crippen molar-refractivity contribution in [2.45, 2.75) is 19.3 Å². The molecule has 2 aromatic rings. The molecule has 0 aliphatic carbocycles. The molecule has 146 valence electrons. The highest BCUT2D eigenvalue weighted by atomic mass is 16.5. The Hall–Kier alpha value is -2.89. The first-order valence-electron chi connectivity index (χ1n) is 9.02. The second-order valence-electron chi connectivity index (χ2n) is 6.06. The Bertz CT molecular complexity index is 694. The van der Waals surface area contributed by atoms with Gasteiger partial charge < -0.3 is 24.8 Å². The second kappa shape index (κ2) is 11.0. The Balaban J connectivity index is 1.73. The maximum atomic E-state index is 11.9. The number of ether oxygens (including phenoxy) is 3. The summed E-state index contributed by atoms with van der Waals surface area (Å²) in [5.41, 5.74) is 2.27. The highest BCUT2D eigenvalue weighted by Crippen LogP contribution is 2.38. The number of rotatable bonds is 10. The summed E-state index contributed by atoms with van der Waals surface area (Å²) in [6.45, 7) is 1.16. The number of hydrogen-bond acceptors (Lipinski definition) is 4. The molecule has 2 aromatic carbocycles. The van der Waals surface area contributed by atoms with Gasteiger partial charge in [0.2, 0.25) is 5.75 Å². The fraction of sp³-hybridized carbons (Fsp3) is 0.381. The first-order chi connectivity index (χ1) is 13.2. The van der Waals surface area contributed by atoms with Crippen molar-refractivity contribution in [3.05, 3.63) is 53.6 Å². The van der Waals surface area contributed by atoms with Crippen molar-refractivity contribution < 1.29 is 19.0 Å². The molecular formula is C21H28N2O4. The van der Waals surface area contributed by atoms with E-state index in [1.54, 1.807) is 21.3 Å². The molecule has 0 heterocycles. The zero-order valence-electron chi connectivity index (χ0n) is 16.2. The number of methoxy groups -OCH3 is 3. The normalized spacial score (nSPS) is 10.2. The number of aryl methyl sites for hydroxylation is 1. The van der Waals surface area contributed by atoms with Crippen LogP contribution in [-0.4, -0.2) is 40.5 Å². The molecule has 0 aliphatic rings. The van der Waals surface area contributed by atoms with Crippen LogP contribution in [0.15, 0.2) is 42.5 Å². The van der Waals surface area contributed by atoms with Crippen LogP contribution in [0.5, 0.6) is 17.2 Å². The van der Waals surface area contributed by atoms with Crippen LogP contribution >= 0.6 is 0 Å². The molecule has 0 bridgehead atoms. The first-order valence-corrected chi connectivity index (χ1v) is 9.02. The van der Waals surface area contributed by atoms with Crippen LogP contribution in [0.3, 0.4) is 0 Å². The first kappa shape index (κ1) is 20.4. The Morgan fingerprint density at radius 3 is 2.04 bits per heavy atom. The van der Waals surface area contributed by atoms with Crippen LogP contribution < -0.4 is 24.8 Å². The SMILES string of the molecule is COc1cc(CCNC(=O)NCCCc2ccccc2)cc(OC)c1OC. The quantitative estimate of drug-likeness (QED) is 0.629. The fourth-order valence-corrected chi connectivity index (χ4v) is 2.80. The number of amides is 2. The molecule has 0 radical (unpaired) electrons. The minimum Gasteiger partial charge on any atom is -0.493 e.